The average molecular weight is 362 g/mol. The number of rotatable bonds is 5. The topological polar surface area (TPSA) is 78.1 Å². The highest BCUT2D eigenvalue weighted by molar-refractivity contribution is 5.96. The predicted molar refractivity (Wildman–Crippen MR) is 92.1 cm³/mol. The molecule has 1 atom stereocenters. The maximum Gasteiger partial charge on any atom is 0.230 e. The van der Waals surface area contributed by atoms with Crippen LogP contribution in [0, 0.1) is 23.5 Å². The maximum absolute atomic E-state index is 13.8. The van der Waals surface area contributed by atoms with Gasteiger partial charge in [0.15, 0.2) is 17.5 Å². The monoisotopic (exact) mass is 362 g/mol. The number of aromatic nitrogens is 2. The highest BCUT2D eigenvalue weighted by Gasteiger charge is 2.34. The second-order valence-corrected chi connectivity index (χ2v) is 6.85. The van der Waals surface area contributed by atoms with Crippen LogP contribution in [0.3, 0.4) is 0 Å². The van der Waals surface area contributed by atoms with E-state index in [9.17, 15) is 18.4 Å². The summed E-state index contributed by atoms with van der Waals surface area (Å²) in [5.41, 5.74) is 0.276. The SMILES string of the molecule is CC(C)CN1CC(C(=O)Nc2cc(-c3cccc(F)c3F)[nH]n2)CC1=O. The Labute approximate surface area is 149 Å². The van der Waals surface area contributed by atoms with Crippen molar-refractivity contribution in [3.63, 3.8) is 0 Å². The second-order valence-electron chi connectivity index (χ2n) is 6.85. The number of amides is 2. The molecule has 0 bridgehead atoms. The molecule has 0 aliphatic carbocycles. The minimum atomic E-state index is -0.986. The zero-order chi connectivity index (χ0) is 18.8. The van der Waals surface area contributed by atoms with Crippen molar-refractivity contribution in [2.75, 3.05) is 18.4 Å². The number of anilines is 1. The van der Waals surface area contributed by atoms with Crippen LogP contribution in [0.1, 0.15) is 20.3 Å². The lowest BCUT2D eigenvalue weighted by atomic mass is 10.1. The standard InChI is InChI=1S/C18H20F2N4O2/c1-10(2)8-24-9-11(6-16(24)25)18(26)21-15-7-14(22-23-15)12-4-3-5-13(19)17(12)20/h3-5,7,10-11H,6,8-9H2,1-2H3,(H2,21,22,23,26). The van der Waals surface area contributed by atoms with Crippen LogP contribution in [-0.4, -0.2) is 40.0 Å². The Bertz CT molecular complexity index is 834. The molecule has 6 nitrogen and oxygen atoms in total. The molecule has 1 aliphatic rings. The molecular formula is C18H20F2N4O2. The van der Waals surface area contributed by atoms with E-state index in [-0.39, 0.29) is 35.3 Å². The Kier molecular flexibility index (Phi) is 5.01. The normalized spacial score (nSPS) is 17.2. The number of nitrogens with one attached hydrogen (secondary N) is 2. The van der Waals surface area contributed by atoms with Crippen LogP contribution in [0.25, 0.3) is 11.3 Å². The smallest absolute Gasteiger partial charge is 0.230 e. The van der Waals surface area contributed by atoms with Gasteiger partial charge in [-0.3, -0.25) is 14.7 Å². The molecule has 2 amide bonds. The molecule has 3 rings (SSSR count). The summed E-state index contributed by atoms with van der Waals surface area (Å²) >= 11 is 0. The van der Waals surface area contributed by atoms with Gasteiger partial charge in [-0.15, -0.1) is 0 Å². The van der Waals surface area contributed by atoms with E-state index in [1.54, 1.807) is 4.90 Å². The van der Waals surface area contributed by atoms with Crippen LogP contribution >= 0.6 is 0 Å². The molecule has 2 heterocycles. The number of carbonyl (C=O) groups is 2. The molecule has 0 radical (unpaired) electrons. The fraction of sp³-hybridized carbons (Fsp3) is 0.389. The van der Waals surface area contributed by atoms with Crippen LogP contribution in [0.15, 0.2) is 24.3 Å². The van der Waals surface area contributed by atoms with E-state index in [0.717, 1.165) is 6.07 Å². The minimum absolute atomic E-state index is 0.0251. The molecule has 0 saturated carbocycles. The van der Waals surface area contributed by atoms with E-state index < -0.39 is 17.6 Å². The first kappa shape index (κ1) is 18.0. The largest absolute Gasteiger partial charge is 0.342 e. The van der Waals surface area contributed by atoms with Crippen molar-refractivity contribution in [3.8, 4) is 11.3 Å². The third-order valence-electron chi connectivity index (χ3n) is 4.24. The molecule has 1 aromatic heterocycles. The summed E-state index contributed by atoms with van der Waals surface area (Å²) < 4.78 is 27.2. The molecule has 26 heavy (non-hydrogen) atoms. The van der Waals surface area contributed by atoms with Crippen LogP contribution in [0.5, 0.6) is 0 Å². The third-order valence-corrected chi connectivity index (χ3v) is 4.24. The van der Waals surface area contributed by atoms with Gasteiger partial charge >= 0.3 is 0 Å². The summed E-state index contributed by atoms with van der Waals surface area (Å²) in [6, 6.07) is 5.26. The summed E-state index contributed by atoms with van der Waals surface area (Å²) in [6.07, 6.45) is 0.161. The zero-order valence-electron chi connectivity index (χ0n) is 14.6. The molecule has 0 spiro atoms. The summed E-state index contributed by atoms with van der Waals surface area (Å²) in [5.74, 6) is -2.23. The quantitative estimate of drug-likeness (QED) is 0.859. The number of likely N-dealkylation sites (tertiary alicyclic amines) is 1. The first-order chi connectivity index (χ1) is 12.3. The number of hydrogen-bond donors (Lipinski definition) is 2. The van der Waals surface area contributed by atoms with Gasteiger partial charge in [0, 0.05) is 31.1 Å². The number of halogens is 2. The summed E-state index contributed by atoms with van der Waals surface area (Å²) in [7, 11) is 0. The van der Waals surface area contributed by atoms with E-state index >= 15 is 0 Å². The van der Waals surface area contributed by atoms with Crippen molar-refractivity contribution in [2.24, 2.45) is 11.8 Å². The van der Waals surface area contributed by atoms with E-state index in [0.29, 0.717) is 19.0 Å². The number of H-pyrrole nitrogens is 1. The molecule has 1 saturated heterocycles. The summed E-state index contributed by atoms with van der Waals surface area (Å²) in [4.78, 5) is 26.1. The van der Waals surface area contributed by atoms with E-state index in [4.69, 9.17) is 0 Å². The maximum atomic E-state index is 13.8. The van der Waals surface area contributed by atoms with Gasteiger partial charge < -0.3 is 10.2 Å². The third kappa shape index (κ3) is 3.74. The number of carbonyl (C=O) groups excluding carboxylic acids is 2. The zero-order valence-corrected chi connectivity index (χ0v) is 14.6. The van der Waals surface area contributed by atoms with Crippen LogP contribution in [0.2, 0.25) is 0 Å². The fourth-order valence-corrected chi connectivity index (χ4v) is 3.03. The van der Waals surface area contributed by atoms with Crippen LogP contribution in [0.4, 0.5) is 14.6 Å². The highest BCUT2D eigenvalue weighted by atomic mass is 19.2. The lowest BCUT2D eigenvalue weighted by Gasteiger charge is -2.18. The molecule has 2 aromatic rings. The number of hydrogen-bond acceptors (Lipinski definition) is 3. The summed E-state index contributed by atoms with van der Waals surface area (Å²) in [5, 5.41) is 9.12. The molecular weight excluding hydrogens is 342 g/mol. The van der Waals surface area contributed by atoms with Crippen molar-refractivity contribution in [1.29, 1.82) is 0 Å². The van der Waals surface area contributed by atoms with Crippen molar-refractivity contribution in [2.45, 2.75) is 20.3 Å². The highest BCUT2D eigenvalue weighted by Crippen LogP contribution is 2.25. The first-order valence-electron chi connectivity index (χ1n) is 8.43. The average Bonchev–Trinajstić information content (AvgIpc) is 3.17. The minimum Gasteiger partial charge on any atom is -0.342 e. The van der Waals surface area contributed by atoms with Gasteiger partial charge in [0.25, 0.3) is 0 Å². The lowest BCUT2D eigenvalue weighted by Crippen LogP contribution is -2.31. The van der Waals surface area contributed by atoms with Crippen molar-refractivity contribution >= 4 is 17.6 Å². The van der Waals surface area contributed by atoms with Gasteiger partial charge in [-0.05, 0) is 18.1 Å². The number of benzene rings is 1. The van der Waals surface area contributed by atoms with Crippen LogP contribution < -0.4 is 5.32 Å². The van der Waals surface area contributed by atoms with Crippen LogP contribution in [-0.2, 0) is 9.59 Å². The van der Waals surface area contributed by atoms with Crippen molar-refractivity contribution < 1.29 is 18.4 Å². The Hall–Kier alpha value is -2.77. The van der Waals surface area contributed by atoms with Gasteiger partial charge in [-0.25, -0.2) is 8.78 Å². The van der Waals surface area contributed by atoms with Gasteiger partial charge in [-0.1, -0.05) is 19.9 Å². The Morgan fingerprint density at radius 3 is 2.92 bits per heavy atom. The van der Waals surface area contributed by atoms with Gasteiger partial charge in [0.2, 0.25) is 11.8 Å². The predicted octanol–water partition coefficient (Wildman–Crippen LogP) is 2.80. The Morgan fingerprint density at radius 1 is 1.42 bits per heavy atom. The molecule has 8 heteroatoms. The first-order valence-corrected chi connectivity index (χ1v) is 8.43. The van der Waals surface area contributed by atoms with Gasteiger partial charge in [0.1, 0.15) is 0 Å². The molecule has 1 fully saturated rings. The molecule has 138 valence electrons. The van der Waals surface area contributed by atoms with Crippen molar-refractivity contribution in [3.05, 3.63) is 35.9 Å². The van der Waals surface area contributed by atoms with E-state index in [1.807, 2.05) is 13.8 Å². The molecule has 1 unspecified atom stereocenters. The lowest BCUT2D eigenvalue weighted by molar-refractivity contribution is -0.128. The Morgan fingerprint density at radius 2 is 2.19 bits per heavy atom. The number of nitrogens with zero attached hydrogens (tertiary/aromatic N) is 2. The van der Waals surface area contributed by atoms with E-state index in [1.165, 1.54) is 18.2 Å². The Balaban J connectivity index is 1.67. The fourth-order valence-electron chi connectivity index (χ4n) is 3.03. The second kappa shape index (κ2) is 7.23. The van der Waals surface area contributed by atoms with E-state index in [2.05, 4.69) is 15.5 Å². The molecule has 1 aromatic carbocycles. The van der Waals surface area contributed by atoms with Gasteiger partial charge in [0.05, 0.1) is 11.6 Å². The van der Waals surface area contributed by atoms with Gasteiger partial charge in [-0.2, -0.15) is 5.10 Å². The van der Waals surface area contributed by atoms with Crippen molar-refractivity contribution in [1.82, 2.24) is 15.1 Å². The summed E-state index contributed by atoms with van der Waals surface area (Å²) in [6.45, 7) is 5.02. The number of aromatic amines is 1. The molecule has 1 aliphatic heterocycles. The molecule has 2 N–H and O–H groups in total.